The van der Waals surface area contributed by atoms with E-state index >= 15 is 0 Å². The Morgan fingerprint density at radius 1 is 1.17 bits per heavy atom. The summed E-state index contributed by atoms with van der Waals surface area (Å²) in [6.07, 6.45) is 10.1. The van der Waals surface area contributed by atoms with Gasteiger partial charge in [0.1, 0.15) is 6.04 Å². The summed E-state index contributed by atoms with van der Waals surface area (Å²) in [7, 11) is 0. The summed E-state index contributed by atoms with van der Waals surface area (Å²) < 4.78 is 0. The van der Waals surface area contributed by atoms with Gasteiger partial charge in [0.2, 0.25) is 5.91 Å². The fourth-order valence-corrected chi connectivity index (χ4v) is 3.64. The standard InChI is InChI=1S/C20H37NO3/c1-5-6-10-17(18(22)23)21-19(24)20(4)13-11-16(12-14-20)9-7-8-15(2)3/h15-17H,5-14H2,1-4H3,(H,21,24)(H,22,23)/t16-,17?,20+. The molecule has 0 spiro atoms. The van der Waals surface area contributed by atoms with Gasteiger partial charge in [-0.15, -0.1) is 0 Å². The Labute approximate surface area is 147 Å². The van der Waals surface area contributed by atoms with Crippen LogP contribution in [0, 0.1) is 17.3 Å². The Balaban J connectivity index is 2.46. The normalized spacial score (nSPS) is 25.5. The van der Waals surface area contributed by atoms with Crippen LogP contribution < -0.4 is 5.32 Å². The molecule has 1 saturated carbocycles. The maximum absolute atomic E-state index is 12.6. The average Bonchev–Trinajstić information content (AvgIpc) is 2.52. The van der Waals surface area contributed by atoms with Crippen molar-refractivity contribution in [1.82, 2.24) is 5.32 Å². The molecule has 1 amide bonds. The molecule has 1 aliphatic rings. The van der Waals surface area contributed by atoms with Crippen molar-refractivity contribution in [2.75, 3.05) is 0 Å². The molecule has 4 heteroatoms. The molecule has 0 aromatic heterocycles. The minimum absolute atomic E-state index is 0.0633. The SMILES string of the molecule is CCCCC(NC(=O)[C@]1(C)CC[C@H](CCCC(C)C)CC1)C(=O)O. The number of carboxylic acid groups (broad SMARTS) is 1. The van der Waals surface area contributed by atoms with Crippen LogP contribution in [0.5, 0.6) is 0 Å². The molecule has 1 unspecified atom stereocenters. The van der Waals surface area contributed by atoms with Crippen LogP contribution in [-0.4, -0.2) is 23.0 Å². The van der Waals surface area contributed by atoms with Crippen molar-refractivity contribution >= 4 is 11.9 Å². The molecule has 0 heterocycles. The van der Waals surface area contributed by atoms with Crippen molar-refractivity contribution in [3.05, 3.63) is 0 Å². The monoisotopic (exact) mass is 339 g/mol. The van der Waals surface area contributed by atoms with E-state index in [4.69, 9.17) is 0 Å². The minimum atomic E-state index is -0.914. The van der Waals surface area contributed by atoms with Crippen molar-refractivity contribution in [2.45, 2.75) is 97.9 Å². The van der Waals surface area contributed by atoms with Crippen LogP contribution >= 0.6 is 0 Å². The molecule has 2 N–H and O–H groups in total. The molecule has 4 nitrogen and oxygen atoms in total. The van der Waals surface area contributed by atoms with E-state index < -0.39 is 17.4 Å². The Kier molecular flexibility index (Phi) is 8.79. The highest BCUT2D eigenvalue weighted by atomic mass is 16.4. The van der Waals surface area contributed by atoms with E-state index in [0.717, 1.165) is 50.4 Å². The number of nitrogens with one attached hydrogen (secondary N) is 1. The van der Waals surface area contributed by atoms with Crippen LogP contribution in [0.4, 0.5) is 0 Å². The zero-order chi connectivity index (χ0) is 18.2. The molecule has 1 atom stereocenters. The van der Waals surface area contributed by atoms with Gasteiger partial charge in [0.25, 0.3) is 0 Å². The van der Waals surface area contributed by atoms with Gasteiger partial charge >= 0.3 is 5.97 Å². The predicted molar refractivity (Wildman–Crippen MR) is 97.8 cm³/mol. The number of rotatable bonds is 10. The molecule has 0 aromatic rings. The van der Waals surface area contributed by atoms with Gasteiger partial charge in [-0.3, -0.25) is 4.79 Å². The fraction of sp³-hybridized carbons (Fsp3) is 0.900. The van der Waals surface area contributed by atoms with Crippen LogP contribution in [0.3, 0.4) is 0 Å². The summed E-state index contributed by atoms with van der Waals surface area (Å²) >= 11 is 0. The Bertz CT molecular complexity index is 398. The molecule has 0 radical (unpaired) electrons. The molecule has 0 aromatic carbocycles. The predicted octanol–water partition coefficient (Wildman–Crippen LogP) is 4.77. The average molecular weight is 340 g/mol. The highest BCUT2D eigenvalue weighted by Crippen LogP contribution is 2.40. The van der Waals surface area contributed by atoms with E-state index in [-0.39, 0.29) is 5.91 Å². The number of hydrogen-bond acceptors (Lipinski definition) is 2. The molecule has 1 fully saturated rings. The van der Waals surface area contributed by atoms with Gasteiger partial charge in [-0.1, -0.05) is 59.8 Å². The molecule has 140 valence electrons. The van der Waals surface area contributed by atoms with Crippen LogP contribution in [0.2, 0.25) is 0 Å². The highest BCUT2D eigenvalue weighted by Gasteiger charge is 2.38. The number of carbonyl (C=O) groups excluding carboxylic acids is 1. The number of aliphatic carboxylic acids is 1. The first-order valence-corrected chi connectivity index (χ1v) is 9.82. The van der Waals surface area contributed by atoms with Crippen LogP contribution in [0.1, 0.15) is 91.9 Å². The second kappa shape index (κ2) is 10.0. The summed E-state index contributed by atoms with van der Waals surface area (Å²) in [5.41, 5.74) is -0.394. The van der Waals surface area contributed by atoms with Crippen molar-refractivity contribution < 1.29 is 14.7 Å². The third kappa shape index (κ3) is 6.82. The first-order chi connectivity index (χ1) is 11.3. The minimum Gasteiger partial charge on any atom is -0.480 e. The van der Waals surface area contributed by atoms with E-state index in [1.54, 1.807) is 0 Å². The molecular weight excluding hydrogens is 302 g/mol. The molecule has 0 aliphatic heterocycles. The second-order valence-electron chi connectivity index (χ2n) is 8.34. The van der Waals surface area contributed by atoms with E-state index in [2.05, 4.69) is 19.2 Å². The second-order valence-corrected chi connectivity index (χ2v) is 8.34. The summed E-state index contributed by atoms with van der Waals surface area (Å²) in [6, 6.07) is -0.738. The van der Waals surface area contributed by atoms with E-state index in [1.807, 2.05) is 13.8 Å². The van der Waals surface area contributed by atoms with Gasteiger partial charge < -0.3 is 10.4 Å². The van der Waals surface area contributed by atoms with E-state index in [9.17, 15) is 14.7 Å². The third-order valence-corrected chi connectivity index (χ3v) is 5.60. The summed E-state index contributed by atoms with van der Waals surface area (Å²) in [6.45, 7) is 8.56. The van der Waals surface area contributed by atoms with Crippen molar-refractivity contribution in [2.24, 2.45) is 17.3 Å². The quantitative estimate of drug-likeness (QED) is 0.602. The van der Waals surface area contributed by atoms with Gasteiger partial charge in [0, 0.05) is 5.41 Å². The van der Waals surface area contributed by atoms with Gasteiger partial charge in [0.05, 0.1) is 0 Å². The summed E-state index contributed by atoms with van der Waals surface area (Å²) in [5, 5.41) is 12.1. The zero-order valence-corrected chi connectivity index (χ0v) is 16.1. The first kappa shape index (κ1) is 21.0. The van der Waals surface area contributed by atoms with Crippen molar-refractivity contribution in [3.63, 3.8) is 0 Å². The number of unbranched alkanes of at least 4 members (excludes halogenated alkanes) is 1. The maximum atomic E-state index is 12.6. The lowest BCUT2D eigenvalue weighted by atomic mass is 9.70. The lowest BCUT2D eigenvalue weighted by molar-refractivity contribution is -0.144. The van der Waals surface area contributed by atoms with Gasteiger partial charge in [0.15, 0.2) is 0 Å². The highest BCUT2D eigenvalue weighted by molar-refractivity contribution is 5.87. The maximum Gasteiger partial charge on any atom is 0.326 e. The molecular formula is C20H37NO3. The van der Waals surface area contributed by atoms with Crippen LogP contribution in [-0.2, 0) is 9.59 Å². The molecule has 0 saturated heterocycles. The Morgan fingerprint density at radius 3 is 2.29 bits per heavy atom. The smallest absolute Gasteiger partial charge is 0.326 e. The Morgan fingerprint density at radius 2 is 1.79 bits per heavy atom. The van der Waals surface area contributed by atoms with E-state index in [0.29, 0.717) is 6.42 Å². The van der Waals surface area contributed by atoms with Crippen molar-refractivity contribution in [1.29, 1.82) is 0 Å². The molecule has 1 rings (SSSR count). The largest absolute Gasteiger partial charge is 0.480 e. The number of carbonyl (C=O) groups is 2. The van der Waals surface area contributed by atoms with Crippen molar-refractivity contribution in [3.8, 4) is 0 Å². The summed E-state index contributed by atoms with van der Waals surface area (Å²) in [4.78, 5) is 24.0. The number of amides is 1. The fourth-order valence-electron chi connectivity index (χ4n) is 3.64. The third-order valence-electron chi connectivity index (χ3n) is 5.60. The lowest BCUT2D eigenvalue weighted by Crippen LogP contribution is -2.48. The Hall–Kier alpha value is -1.06. The molecule has 0 bridgehead atoms. The van der Waals surface area contributed by atoms with Crippen LogP contribution in [0.15, 0.2) is 0 Å². The van der Waals surface area contributed by atoms with E-state index in [1.165, 1.54) is 19.3 Å². The number of carboxylic acids is 1. The first-order valence-electron chi connectivity index (χ1n) is 9.82. The molecule has 24 heavy (non-hydrogen) atoms. The molecule has 1 aliphatic carbocycles. The zero-order valence-electron chi connectivity index (χ0n) is 16.1. The topological polar surface area (TPSA) is 66.4 Å². The van der Waals surface area contributed by atoms with Gasteiger partial charge in [-0.2, -0.15) is 0 Å². The van der Waals surface area contributed by atoms with Gasteiger partial charge in [-0.25, -0.2) is 4.79 Å². The number of hydrogen-bond donors (Lipinski definition) is 2. The van der Waals surface area contributed by atoms with Gasteiger partial charge in [-0.05, 0) is 43.9 Å². The van der Waals surface area contributed by atoms with Crippen LogP contribution in [0.25, 0.3) is 0 Å². The lowest BCUT2D eigenvalue weighted by Gasteiger charge is -2.37. The summed E-state index contributed by atoms with van der Waals surface area (Å²) in [5.74, 6) is 0.523.